The van der Waals surface area contributed by atoms with Crippen LogP contribution < -0.4 is 0 Å². The number of fused-ring (bicyclic) bond motifs is 3. The van der Waals surface area contributed by atoms with Gasteiger partial charge >= 0.3 is 0 Å². The van der Waals surface area contributed by atoms with Crippen LogP contribution in [0.25, 0.3) is 0 Å². The Kier molecular flexibility index (Phi) is 10.9. The molecular formula is C37H42N4O14S2. The number of nitrogens with zero attached hydrogens (tertiary/aromatic N) is 4. The number of aliphatic hydroxyl groups excluding tert-OH is 1. The fourth-order valence-corrected chi connectivity index (χ4v) is 10.9. The summed E-state index contributed by atoms with van der Waals surface area (Å²) >= 11 is 0. The van der Waals surface area contributed by atoms with Gasteiger partial charge in [0.1, 0.15) is 24.4 Å². The Morgan fingerprint density at radius 1 is 0.702 bits per heavy atom. The molecule has 0 bridgehead atoms. The SMILES string of the molecule is CC1(C)O[C@H]2[C@@H](O1)[C@@H](CN([C@H]1C=C[C@@H](O)[C@@H](N(Cc3ccccc3)S(=O)(=O)c3ccc([N+](=O)[O-])cc3)C1)S(=O)(=O)c1ccc([N+](=O)[O-])cc1)O[C@@H]1OC(C)(C)O[C@@H]12. The molecule has 3 aromatic rings. The average molecular weight is 831 g/mol. The summed E-state index contributed by atoms with van der Waals surface area (Å²) in [6.07, 6.45) is -3.24. The number of hydrogen-bond acceptors (Lipinski definition) is 14. The van der Waals surface area contributed by atoms with Crippen LogP contribution in [0.2, 0.25) is 0 Å². The van der Waals surface area contributed by atoms with E-state index < -0.39 is 96.9 Å². The summed E-state index contributed by atoms with van der Waals surface area (Å²) in [5.41, 5.74) is -0.109. The molecule has 3 aromatic carbocycles. The van der Waals surface area contributed by atoms with E-state index in [0.717, 1.165) is 57.1 Å². The zero-order chi connectivity index (χ0) is 41.1. The van der Waals surface area contributed by atoms with Crippen LogP contribution >= 0.6 is 0 Å². The molecule has 0 spiro atoms. The largest absolute Gasteiger partial charge is 0.387 e. The van der Waals surface area contributed by atoms with Crippen LogP contribution in [0.5, 0.6) is 0 Å². The molecular weight excluding hydrogens is 789 g/mol. The van der Waals surface area contributed by atoms with E-state index in [1.165, 1.54) is 12.2 Å². The molecule has 1 aliphatic carbocycles. The van der Waals surface area contributed by atoms with Crippen LogP contribution in [0.4, 0.5) is 11.4 Å². The summed E-state index contributed by atoms with van der Waals surface area (Å²) < 4.78 is 91.7. The Hall–Kier alpha value is -4.22. The molecule has 57 heavy (non-hydrogen) atoms. The van der Waals surface area contributed by atoms with Crippen molar-refractivity contribution >= 4 is 31.4 Å². The van der Waals surface area contributed by atoms with Gasteiger partial charge in [-0.1, -0.05) is 42.5 Å². The van der Waals surface area contributed by atoms with Gasteiger partial charge in [0.05, 0.1) is 31.8 Å². The molecule has 0 amide bonds. The first-order valence-corrected chi connectivity index (χ1v) is 20.9. The third kappa shape index (κ3) is 8.24. The predicted molar refractivity (Wildman–Crippen MR) is 199 cm³/mol. The molecule has 3 aliphatic heterocycles. The van der Waals surface area contributed by atoms with Gasteiger partial charge in [0.2, 0.25) is 20.0 Å². The molecule has 0 radical (unpaired) electrons. The van der Waals surface area contributed by atoms with Gasteiger partial charge < -0.3 is 28.8 Å². The van der Waals surface area contributed by atoms with Gasteiger partial charge in [0, 0.05) is 43.4 Å². The fourth-order valence-electron chi connectivity index (χ4n) is 7.66. The van der Waals surface area contributed by atoms with Gasteiger partial charge in [-0.3, -0.25) is 20.2 Å². The van der Waals surface area contributed by atoms with Gasteiger partial charge in [0.15, 0.2) is 17.9 Å². The Balaban J connectivity index is 1.29. The molecule has 3 fully saturated rings. The van der Waals surface area contributed by atoms with Gasteiger partial charge in [-0.05, 0) is 63.9 Å². The van der Waals surface area contributed by atoms with Crippen molar-refractivity contribution in [1.82, 2.24) is 8.61 Å². The van der Waals surface area contributed by atoms with Crippen LogP contribution in [0, 0.1) is 20.2 Å². The maximum absolute atomic E-state index is 14.8. The molecule has 3 saturated heterocycles. The smallest absolute Gasteiger partial charge is 0.269 e. The normalized spacial score (nSPS) is 29.2. The lowest BCUT2D eigenvalue weighted by Crippen LogP contribution is -2.60. The summed E-state index contributed by atoms with van der Waals surface area (Å²) in [6, 6.07) is 14.8. The van der Waals surface area contributed by atoms with Crippen molar-refractivity contribution in [3.63, 3.8) is 0 Å². The van der Waals surface area contributed by atoms with Crippen molar-refractivity contribution in [3.8, 4) is 0 Å². The van der Waals surface area contributed by atoms with Crippen LogP contribution in [-0.2, 0) is 50.3 Å². The number of nitro benzene ring substituents is 2. The highest BCUT2D eigenvalue weighted by Gasteiger charge is 2.61. The molecule has 20 heteroatoms. The van der Waals surface area contributed by atoms with Crippen LogP contribution in [0.1, 0.15) is 39.7 Å². The maximum Gasteiger partial charge on any atom is 0.269 e. The molecule has 8 atom stereocenters. The number of nitro groups is 2. The summed E-state index contributed by atoms with van der Waals surface area (Å²) in [4.78, 5) is 20.9. The van der Waals surface area contributed by atoms with Gasteiger partial charge in [-0.25, -0.2) is 16.8 Å². The minimum atomic E-state index is -4.57. The van der Waals surface area contributed by atoms with Crippen LogP contribution in [-0.4, -0.2) is 107 Å². The molecule has 3 heterocycles. The highest BCUT2D eigenvalue weighted by atomic mass is 32.2. The highest BCUT2D eigenvalue weighted by Crippen LogP contribution is 2.45. The van der Waals surface area contributed by atoms with E-state index in [2.05, 4.69) is 0 Å². The molecule has 18 nitrogen and oxygen atoms in total. The standard InChI is InChI=1S/C37H42N4O14S2/c1-36(2)52-32-31(51-35-34(33(32)53-36)54-37(3,4)55-35)22-38(56(47,48)27-15-10-24(11-16-27)40(43)44)26-14-19-30(42)29(20-26)39(21-23-8-6-5-7-9-23)57(49,50)28-17-12-25(13-18-28)41(45)46/h5-19,26,29-35,42H,20-22H2,1-4H3/t26-,29-,30+,31+,32-,33-,34+,35+/m0/s1. The summed E-state index contributed by atoms with van der Waals surface area (Å²) in [5.74, 6) is -2.18. The Labute approximate surface area is 328 Å². The van der Waals surface area contributed by atoms with E-state index in [1.807, 2.05) is 0 Å². The quantitative estimate of drug-likeness (QED) is 0.156. The molecule has 0 aromatic heterocycles. The number of non-ortho nitro benzene ring substituents is 2. The van der Waals surface area contributed by atoms with E-state index >= 15 is 0 Å². The Bertz CT molecular complexity index is 2240. The summed E-state index contributed by atoms with van der Waals surface area (Å²) in [7, 11) is -9.08. The molecule has 306 valence electrons. The average Bonchev–Trinajstić information content (AvgIpc) is 3.67. The second-order valence-corrected chi connectivity index (χ2v) is 18.8. The minimum Gasteiger partial charge on any atom is -0.387 e. The van der Waals surface area contributed by atoms with Gasteiger partial charge in [0.25, 0.3) is 11.4 Å². The summed E-state index contributed by atoms with van der Waals surface area (Å²) in [5, 5.41) is 34.3. The number of aliphatic hydroxyl groups is 1. The first-order valence-electron chi connectivity index (χ1n) is 18.1. The summed E-state index contributed by atoms with van der Waals surface area (Å²) in [6.45, 7) is 6.17. The monoisotopic (exact) mass is 830 g/mol. The molecule has 7 rings (SSSR count). The Morgan fingerprint density at radius 2 is 1.21 bits per heavy atom. The van der Waals surface area contributed by atoms with Crippen molar-refractivity contribution in [2.24, 2.45) is 0 Å². The van der Waals surface area contributed by atoms with E-state index in [9.17, 15) is 42.2 Å². The van der Waals surface area contributed by atoms with Crippen molar-refractivity contribution in [2.45, 2.75) is 111 Å². The number of hydrogen-bond donors (Lipinski definition) is 1. The number of ether oxygens (including phenoxy) is 5. The second kappa shape index (κ2) is 15.2. The molecule has 0 unspecified atom stereocenters. The third-order valence-corrected chi connectivity index (χ3v) is 14.0. The zero-order valence-electron chi connectivity index (χ0n) is 31.3. The maximum atomic E-state index is 14.8. The van der Waals surface area contributed by atoms with E-state index in [-0.39, 0.29) is 34.1 Å². The lowest BCUT2D eigenvalue weighted by atomic mass is 9.93. The fraction of sp³-hybridized carbons (Fsp3) is 0.459. The third-order valence-electron chi connectivity index (χ3n) is 10.2. The lowest BCUT2D eigenvalue weighted by Gasteiger charge is -2.43. The molecule has 0 saturated carbocycles. The topological polar surface area (TPSA) is 227 Å². The first kappa shape index (κ1) is 41.0. The Morgan fingerprint density at radius 3 is 1.77 bits per heavy atom. The van der Waals surface area contributed by atoms with Crippen molar-refractivity contribution in [3.05, 3.63) is 117 Å². The van der Waals surface area contributed by atoms with E-state index in [0.29, 0.717) is 5.56 Å². The number of sulfonamides is 2. The van der Waals surface area contributed by atoms with Crippen LogP contribution in [0.3, 0.4) is 0 Å². The molecule has 1 N–H and O–H groups in total. The minimum absolute atomic E-state index is 0.247. The zero-order valence-corrected chi connectivity index (χ0v) is 32.9. The van der Waals surface area contributed by atoms with E-state index in [4.69, 9.17) is 23.7 Å². The van der Waals surface area contributed by atoms with E-state index in [1.54, 1.807) is 58.0 Å². The van der Waals surface area contributed by atoms with Gasteiger partial charge in [-0.2, -0.15) is 8.61 Å². The lowest BCUT2D eigenvalue weighted by molar-refractivity contribution is -0.385. The van der Waals surface area contributed by atoms with Gasteiger partial charge in [-0.15, -0.1) is 0 Å². The number of benzene rings is 3. The second-order valence-electron chi connectivity index (χ2n) is 15.1. The van der Waals surface area contributed by atoms with Crippen molar-refractivity contribution < 1.29 is 55.5 Å². The predicted octanol–water partition coefficient (Wildman–Crippen LogP) is 3.84. The number of rotatable bonds is 12. The first-order chi connectivity index (χ1) is 26.8. The van der Waals surface area contributed by atoms with Crippen molar-refractivity contribution in [2.75, 3.05) is 6.54 Å². The molecule has 4 aliphatic rings. The van der Waals surface area contributed by atoms with Crippen LogP contribution in [0.15, 0.2) is 101 Å². The van der Waals surface area contributed by atoms with Crippen molar-refractivity contribution in [1.29, 1.82) is 0 Å². The highest BCUT2D eigenvalue weighted by molar-refractivity contribution is 7.89.